The minimum atomic E-state index is -0.938. The van der Waals surface area contributed by atoms with E-state index in [1.165, 1.54) is 6.07 Å². The topological polar surface area (TPSA) is 54.4 Å². The van der Waals surface area contributed by atoms with Gasteiger partial charge in [0.2, 0.25) is 0 Å². The first-order chi connectivity index (χ1) is 6.00. The van der Waals surface area contributed by atoms with Crippen LogP contribution in [-0.2, 0) is 11.2 Å². The van der Waals surface area contributed by atoms with Crippen molar-refractivity contribution in [2.45, 2.75) is 6.42 Å². The molecule has 0 amide bonds. The number of carbonyl (C=O) groups is 2. The highest BCUT2D eigenvalue weighted by molar-refractivity contribution is 9.11. The lowest BCUT2D eigenvalue weighted by Crippen LogP contribution is -1.98. The van der Waals surface area contributed by atoms with E-state index in [0.717, 1.165) is 11.3 Å². The summed E-state index contributed by atoms with van der Waals surface area (Å²) < 4.78 is 0.638. The quantitative estimate of drug-likeness (QED) is 0.867. The second-order valence-electron chi connectivity index (χ2n) is 2.25. The SMILES string of the molecule is O=C(O)Cc1cc(C(=O)Cl)sc1Br. The lowest BCUT2D eigenvalue weighted by atomic mass is 10.2. The maximum absolute atomic E-state index is 10.7. The van der Waals surface area contributed by atoms with Crippen molar-refractivity contribution in [3.05, 3.63) is 20.3 Å². The number of thiophene rings is 1. The Morgan fingerprint density at radius 2 is 2.23 bits per heavy atom. The lowest BCUT2D eigenvalue weighted by molar-refractivity contribution is -0.136. The first-order valence-electron chi connectivity index (χ1n) is 3.20. The molecular formula is C7H4BrClO3S. The number of aliphatic carboxylic acids is 1. The third kappa shape index (κ3) is 2.79. The summed E-state index contributed by atoms with van der Waals surface area (Å²) in [4.78, 5) is 21.4. The molecule has 3 nitrogen and oxygen atoms in total. The van der Waals surface area contributed by atoms with E-state index in [9.17, 15) is 9.59 Å². The molecule has 0 atom stereocenters. The van der Waals surface area contributed by atoms with Gasteiger partial charge in [0, 0.05) is 0 Å². The third-order valence-electron chi connectivity index (χ3n) is 1.29. The van der Waals surface area contributed by atoms with Gasteiger partial charge in [0.15, 0.2) is 0 Å². The smallest absolute Gasteiger partial charge is 0.307 e. The summed E-state index contributed by atoms with van der Waals surface area (Å²) in [5, 5.41) is 7.94. The van der Waals surface area contributed by atoms with Gasteiger partial charge in [0.05, 0.1) is 15.1 Å². The maximum atomic E-state index is 10.7. The van der Waals surface area contributed by atoms with Gasteiger partial charge in [-0.25, -0.2) is 0 Å². The second-order valence-corrected chi connectivity index (χ2v) is 4.97. The molecule has 1 rings (SSSR count). The van der Waals surface area contributed by atoms with Crippen LogP contribution in [0.15, 0.2) is 9.85 Å². The summed E-state index contributed by atoms with van der Waals surface area (Å²) in [5.74, 6) is -0.938. The van der Waals surface area contributed by atoms with E-state index in [1.807, 2.05) is 0 Å². The number of hydrogen-bond acceptors (Lipinski definition) is 3. The van der Waals surface area contributed by atoms with Crippen LogP contribution in [0.4, 0.5) is 0 Å². The van der Waals surface area contributed by atoms with Crippen LogP contribution >= 0.6 is 38.9 Å². The highest BCUT2D eigenvalue weighted by Gasteiger charge is 2.13. The summed E-state index contributed by atoms with van der Waals surface area (Å²) in [6.07, 6.45) is -0.110. The van der Waals surface area contributed by atoms with Gasteiger partial charge >= 0.3 is 5.97 Å². The molecule has 0 fully saturated rings. The molecule has 70 valence electrons. The van der Waals surface area contributed by atoms with Crippen molar-refractivity contribution in [3.8, 4) is 0 Å². The molecule has 0 saturated carbocycles. The molecule has 0 aliphatic carbocycles. The van der Waals surface area contributed by atoms with Gasteiger partial charge in [-0.05, 0) is 39.2 Å². The van der Waals surface area contributed by atoms with Crippen LogP contribution in [0, 0.1) is 0 Å². The fourth-order valence-electron chi connectivity index (χ4n) is 0.787. The summed E-state index contributed by atoms with van der Waals surface area (Å²) in [6.45, 7) is 0. The molecule has 0 unspecified atom stereocenters. The Labute approximate surface area is 91.5 Å². The average Bonchev–Trinajstić information content (AvgIpc) is 2.31. The fraction of sp³-hybridized carbons (Fsp3) is 0.143. The molecule has 1 N–H and O–H groups in total. The molecular weight excluding hydrogens is 279 g/mol. The van der Waals surface area contributed by atoms with E-state index in [1.54, 1.807) is 0 Å². The van der Waals surface area contributed by atoms with Crippen molar-refractivity contribution >= 4 is 50.1 Å². The number of carboxylic acids is 1. The summed E-state index contributed by atoms with van der Waals surface area (Å²) in [7, 11) is 0. The number of rotatable bonds is 3. The Balaban J connectivity index is 2.96. The van der Waals surface area contributed by atoms with Crippen molar-refractivity contribution in [1.82, 2.24) is 0 Å². The first-order valence-corrected chi connectivity index (χ1v) is 5.19. The zero-order chi connectivity index (χ0) is 10.0. The number of halogens is 2. The summed E-state index contributed by atoms with van der Waals surface area (Å²) >= 11 is 9.52. The summed E-state index contributed by atoms with van der Waals surface area (Å²) in [6, 6.07) is 1.48. The Bertz CT molecular complexity index is 361. The molecule has 0 aliphatic heterocycles. The van der Waals surface area contributed by atoms with Gasteiger partial charge in [0.25, 0.3) is 5.24 Å². The molecule has 0 aliphatic rings. The van der Waals surface area contributed by atoms with Crippen molar-refractivity contribution in [2.24, 2.45) is 0 Å². The largest absolute Gasteiger partial charge is 0.481 e. The molecule has 0 radical (unpaired) electrons. The molecule has 13 heavy (non-hydrogen) atoms. The predicted octanol–water partition coefficient (Wildman–Crippen LogP) is 2.52. The number of hydrogen-bond donors (Lipinski definition) is 1. The van der Waals surface area contributed by atoms with Gasteiger partial charge in [0.1, 0.15) is 0 Å². The second kappa shape index (κ2) is 4.21. The Morgan fingerprint density at radius 1 is 1.62 bits per heavy atom. The van der Waals surface area contributed by atoms with Crippen LogP contribution in [0.2, 0.25) is 0 Å². The van der Waals surface area contributed by atoms with Crippen molar-refractivity contribution in [1.29, 1.82) is 0 Å². The molecule has 0 spiro atoms. The molecule has 1 aromatic heterocycles. The van der Waals surface area contributed by atoms with Crippen molar-refractivity contribution in [3.63, 3.8) is 0 Å². The zero-order valence-electron chi connectivity index (χ0n) is 6.21. The van der Waals surface area contributed by atoms with E-state index in [-0.39, 0.29) is 6.42 Å². The van der Waals surface area contributed by atoms with Crippen LogP contribution in [0.3, 0.4) is 0 Å². The van der Waals surface area contributed by atoms with Gasteiger partial charge in [-0.3, -0.25) is 9.59 Å². The summed E-state index contributed by atoms with van der Waals surface area (Å²) in [5.41, 5.74) is 0.571. The van der Waals surface area contributed by atoms with Crippen molar-refractivity contribution in [2.75, 3.05) is 0 Å². The highest BCUT2D eigenvalue weighted by Crippen LogP contribution is 2.29. The van der Waals surface area contributed by atoms with Gasteiger partial charge in [-0.2, -0.15) is 0 Å². The Morgan fingerprint density at radius 3 is 2.62 bits per heavy atom. The van der Waals surface area contributed by atoms with Crippen LogP contribution < -0.4 is 0 Å². The highest BCUT2D eigenvalue weighted by atomic mass is 79.9. The van der Waals surface area contributed by atoms with Gasteiger partial charge in [-0.15, -0.1) is 11.3 Å². The fourth-order valence-corrected chi connectivity index (χ4v) is 2.47. The van der Waals surface area contributed by atoms with Gasteiger partial charge in [-0.1, -0.05) is 0 Å². The number of carboxylic acid groups (broad SMARTS) is 1. The Kier molecular flexibility index (Phi) is 3.47. The van der Waals surface area contributed by atoms with Crippen LogP contribution in [-0.4, -0.2) is 16.3 Å². The van der Waals surface area contributed by atoms with Crippen LogP contribution in [0.25, 0.3) is 0 Å². The normalized spacial score (nSPS) is 10.0. The van der Waals surface area contributed by atoms with Crippen LogP contribution in [0.5, 0.6) is 0 Å². The minimum Gasteiger partial charge on any atom is -0.481 e. The van der Waals surface area contributed by atoms with E-state index in [2.05, 4.69) is 15.9 Å². The van der Waals surface area contributed by atoms with E-state index < -0.39 is 11.2 Å². The monoisotopic (exact) mass is 282 g/mol. The molecule has 0 aromatic carbocycles. The maximum Gasteiger partial charge on any atom is 0.307 e. The average molecular weight is 284 g/mol. The third-order valence-corrected chi connectivity index (χ3v) is 3.57. The van der Waals surface area contributed by atoms with E-state index >= 15 is 0 Å². The first kappa shape index (κ1) is 10.7. The van der Waals surface area contributed by atoms with Crippen molar-refractivity contribution < 1.29 is 14.7 Å². The standard InChI is InChI=1S/C7H4BrClO3S/c8-6-3(2-5(10)11)1-4(13-6)7(9)12/h1H,2H2,(H,10,11). The molecule has 0 bridgehead atoms. The molecule has 1 aromatic rings. The Hall–Kier alpha value is -0.390. The molecule has 6 heteroatoms. The van der Waals surface area contributed by atoms with Crippen LogP contribution in [0.1, 0.15) is 15.2 Å². The minimum absolute atomic E-state index is 0.110. The molecule has 0 saturated heterocycles. The lowest BCUT2D eigenvalue weighted by Gasteiger charge is -1.90. The zero-order valence-corrected chi connectivity index (χ0v) is 9.37. The van der Waals surface area contributed by atoms with E-state index in [4.69, 9.17) is 16.7 Å². The molecule has 1 heterocycles. The number of carbonyl (C=O) groups excluding carboxylic acids is 1. The van der Waals surface area contributed by atoms with E-state index in [0.29, 0.717) is 14.2 Å². The van der Waals surface area contributed by atoms with Gasteiger partial charge < -0.3 is 5.11 Å². The predicted molar refractivity (Wildman–Crippen MR) is 53.5 cm³/mol.